The normalized spacial score (nSPS) is 17.9. The molecule has 0 radical (unpaired) electrons. The van der Waals surface area contributed by atoms with Gasteiger partial charge in [0.15, 0.2) is 0 Å². The molecule has 0 saturated carbocycles. The maximum atomic E-state index is 12.9. The summed E-state index contributed by atoms with van der Waals surface area (Å²) in [6.45, 7) is 2.27. The highest BCUT2D eigenvalue weighted by atomic mass is 16.6. The van der Waals surface area contributed by atoms with Gasteiger partial charge in [-0.1, -0.05) is 159 Å². The van der Waals surface area contributed by atoms with Gasteiger partial charge in [-0.2, -0.15) is 0 Å². The van der Waals surface area contributed by atoms with Gasteiger partial charge in [-0.15, -0.1) is 0 Å². The van der Waals surface area contributed by atoms with Crippen LogP contribution in [-0.4, -0.2) is 4.92 Å². The Kier molecular flexibility index (Phi) is 5.86. The van der Waals surface area contributed by atoms with Gasteiger partial charge in [-0.3, -0.25) is 10.1 Å². The summed E-state index contributed by atoms with van der Waals surface area (Å²) < 4.78 is 0. The number of nitro benzene ring substituents is 1. The first-order chi connectivity index (χ1) is 25.6. The van der Waals surface area contributed by atoms with Gasteiger partial charge in [0.2, 0.25) is 0 Å². The molecule has 246 valence electrons. The minimum absolute atomic E-state index is 0.145. The van der Waals surface area contributed by atoms with E-state index in [1.54, 1.807) is 6.07 Å². The van der Waals surface area contributed by atoms with Crippen molar-refractivity contribution in [2.75, 3.05) is 0 Å². The van der Waals surface area contributed by atoms with E-state index in [9.17, 15) is 10.1 Å². The van der Waals surface area contributed by atoms with Crippen LogP contribution >= 0.6 is 0 Å². The van der Waals surface area contributed by atoms with Crippen molar-refractivity contribution in [1.82, 2.24) is 0 Å². The molecule has 0 unspecified atom stereocenters. The quantitative estimate of drug-likeness (QED) is 0.136. The molecule has 4 aliphatic rings. The predicted octanol–water partition coefficient (Wildman–Crippen LogP) is 11.6. The van der Waals surface area contributed by atoms with E-state index in [4.69, 9.17) is 0 Å². The zero-order valence-electron chi connectivity index (χ0n) is 28.6. The summed E-state index contributed by atoms with van der Waals surface area (Å²) in [4.78, 5) is 12.7. The van der Waals surface area contributed by atoms with Crippen LogP contribution in [-0.2, 0) is 10.8 Å². The lowest BCUT2D eigenvalue weighted by Gasteiger charge is -2.50. The van der Waals surface area contributed by atoms with E-state index in [2.05, 4.69) is 140 Å². The Morgan fingerprint density at radius 2 is 1.00 bits per heavy atom. The van der Waals surface area contributed by atoms with Gasteiger partial charge in [-0.25, -0.2) is 0 Å². The van der Waals surface area contributed by atoms with Crippen LogP contribution < -0.4 is 0 Å². The molecule has 4 aliphatic carbocycles. The molecule has 0 heterocycles. The maximum Gasteiger partial charge on any atom is 0.277 e. The minimum Gasteiger partial charge on any atom is -0.258 e. The van der Waals surface area contributed by atoms with E-state index in [0.717, 1.165) is 33.9 Å². The fourth-order valence-corrected chi connectivity index (χ4v) is 10.8. The molecule has 52 heavy (non-hydrogen) atoms. The fourth-order valence-electron chi connectivity index (χ4n) is 10.8. The summed E-state index contributed by atoms with van der Waals surface area (Å²) in [6, 6.07) is 56.7. The average Bonchev–Trinajstić information content (AvgIpc) is 3.65. The average molecular weight is 668 g/mol. The van der Waals surface area contributed by atoms with Gasteiger partial charge in [-0.05, 0) is 102 Å². The van der Waals surface area contributed by atoms with Crippen LogP contribution in [0.25, 0.3) is 33.0 Å². The van der Waals surface area contributed by atoms with Crippen molar-refractivity contribution in [3.05, 3.63) is 230 Å². The number of hydrogen-bond donors (Lipinski definition) is 0. The third-order valence-corrected chi connectivity index (χ3v) is 12.4. The van der Waals surface area contributed by atoms with Gasteiger partial charge >= 0.3 is 0 Å². The first-order valence-electron chi connectivity index (χ1n) is 18.2. The Hall–Kier alpha value is -6.32. The van der Waals surface area contributed by atoms with Gasteiger partial charge < -0.3 is 0 Å². The molecule has 0 saturated heterocycles. The standard InChI is InChI=1S/C49H33NO2/c1-30-28-36(47-32-15-3-2-14-31(32)26-27-45(47)50(51)52)46-35-18-6-9-21-39(35)49(44(46)29-30)42-24-12-10-22-40(42)48(41-23-11-13-25-43(41)49)37-19-7-4-16-33(37)34-17-5-8-20-38(34)48/h2-28,30H,29H2,1H3/t30-/m0/s1. The number of nitrogens with zero attached hydrogens (tertiary/aromatic N) is 1. The van der Waals surface area contributed by atoms with Crippen molar-refractivity contribution in [2.45, 2.75) is 24.2 Å². The smallest absolute Gasteiger partial charge is 0.258 e. The molecule has 11 rings (SSSR count). The number of hydrogen-bond acceptors (Lipinski definition) is 2. The molecule has 2 spiro atoms. The lowest BCUT2D eigenvalue weighted by Crippen LogP contribution is -2.44. The number of nitro groups is 1. The second-order valence-corrected chi connectivity index (χ2v) is 14.8. The summed E-state index contributed by atoms with van der Waals surface area (Å²) >= 11 is 0. The number of benzene rings is 7. The van der Waals surface area contributed by atoms with Crippen LogP contribution in [0.3, 0.4) is 0 Å². The molecule has 1 atom stereocenters. The number of fused-ring (bicyclic) bond motifs is 16. The van der Waals surface area contributed by atoms with E-state index < -0.39 is 10.8 Å². The highest BCUT2D eigenvalue weighted by Gasteiger charge is 2.60. The fraction of sp³-hybridized carbons (Fsp3) is 0.102. The van der Waals surface area contributed by atoms with Crippen LogP contribution in [0.2, 0.25) is 0 Å². The summed E-state index contributed by atoms with van der Waals surface area (Å²) in [6.07, 6.45) is 3.14. The molecule has 0 amide bonds. The summed E-state index contributed by atoms with van der Waals surface area (Å²) in [5.74, 6) is 0.154. The third kappa shape index (κ3) is 3.41. The van der Waals surface area contributed by atoms with Crippen molar-refractivity contribution in [3.63, 3.8) is 0 Å². The molecular weight excluding hydrogens is 635 g/mol. The minimum atomic E-state index is -0.593. The maximum absolute atomic E-state index is 12.9. The number of rotatable bonds is 2. The van der Waals surface area contributed by atoms with E-state index in [1.165, 1.54) is 55.6 Å². The van der Waals surface area contributed by atoms with Crippen LogP contribution in [0.5, 0.6) is 0 Å². The molecular formula is C49H33NO2. The zero-order chi connectivity index (χ0) is 34.8. The molecule has 7 aromatic rings. The molecule has 0 aromatic heterocycles. The molecule has 0 N–H and O–H groups in total. The van der Waals surface area contributed by atoms with E-state index >= 15 is 0 Å². The van der Waals surface area contributed by atoms with Gasteiger partial charge in [0, 0.05) is 6.07 Å². The van der Waals surface area contributed by atoms with Crippen LogP contribution in [0.15, 0.2) is 169 Å². The molecule has 3 nitrogen and oxygen atoms in total. The molecule has 3 heteroatoms. The van der Waals surface area contributed by atoms with Crippen LogP contribution in [0.1, 0.15) is 63.4 Å². The SMILES string of the molecule is C[C@H]1C=C(c2c([N+](=O)[O-])ccc3ccccc23)C2=C(C1)C1(c3ccccc32)c2ccccc2C2(c3ccccc3-c3ccccc32)c2ccccc21. The van der Waals surface area contributed by atoms with Crippen molar-refractivity contribution >= 4 is 27.6 Å². The van der Waals surface area contributed by atoms with Crippen LogP contribution in [0, 0.1) is 16.0 Å². The Bertz CT molecular complexity index is 2690. The molecule has 0 fully saturated rings. The van der Waals surface area contributed by atoms with E-state index in [-0.39, 0.29) is 16.5 Å². The van der Waals surface area contributed by atoms with E-state index in [1.807, 2.05) is 24.3 Å². The first-order valence-corrected chi connectivity index (χ1v) is 18.2. The molecule has 0 aliphatic heterocycles. The Morgan fingerprint density at radius 3 is 1.58 bits per heavy atom. The lowest BCUT2D eigenvalue weighted by atomic mass is 9.51. The third-order valence-electron chi connectivity index (χ3n) is 12.4. The van der Waals surface area contributed by atoms with Crippen LogP contribution in [0.4, 0.5) is 5.69 Å². The first kappa shape index (κ1) is 29.4. The summed E-state index contributed by atoms with van der Waals surface area (Å²) in [5.41, 5.74) is 16.0. The predicted molar refractivity (Wildman–Crippen MR) is 209 cm³/mol. The Labute approximate surface area is 302 Å². The summed E-state index contributed by atoms with van der Waals surface area (Å²) in [5, 5.41) is 14.8. The Morgan fingerprint density at radius 1 is 0.538 bits per heavy atom. The topological polar surface area (TPSA) is 43.1 Å². The zero-order valence-corrected chi connectivity index (χ0v) is 28.6. The molecule has 7 aromatic carbocycles. The van der Waals surface area contributed by atoms with E-state index in [0.29, 0.717) is 5.56 Å². The monoisotopic (exact) mass is 667 g/mol. The van der Waals surface area contributed by atoms with Crippen molar-refractivity contribution in [1.29, 1.82) is 0 Å². The van der Waals surface area contributed by atoms with Gasteiger partial charge in [0.25, 0.3) is 5.69 Å². The summed E-state index contributed by atoms with van der Waals surface area (Å²) in [7, 11) is 0. The Balaban J connectivity index is 1.31. The highest BCUT2D eigenvalue weighted by molar-refractivity contribution is 6.17. The van der Waals surface area contributed by atoms with Crippen molar-refractivity contribution in [3.8, 4) is 11.1 Å². The van der Waals surface area contributed by atoms with Crippen molar-refractivity contribution in [2.24, 2.45) is 5.92 Å². The second-order valence-electron chi connectivity index (χ2n) is 14.8. The van der Waals surface area contributed by atoms with Gasteiger partial charge in [0.05, 0.1) is 21.3 Å². The molecule has 0 bridgehead atoms. The second kappa shape index (κ2) is 10.4. The number of allylic oxidation sites excluding steroid dienone is 4. The largest absolute Gasteiger partial charge is 0.277 e. The highest BCUT2D eigenvalue weighted by Crippen LogP contribution is 2.69. The van der Waals surface area contributed by atoms with Gasteiger partial charge in [0.1, 0.15) is 0 Å². The van der Waals surface area contributed by atoms with Crippen molar-refractivity contribution < 1.29 is 4.92 Å². The lowest BCUT2D eigenvalue weighted by molar-refractivity contribution is -0.385.